The molecule has 4 atom stereocenters. The number of hydrogen-bond acceptors (Lipinski definition) is 2. The zero-order chi connectivity index (χ0) is 13.4. The second kappa shape index (κ2) is 5.73. The predicted molar refractivity (Wildman–Crippen MR) is 81.3 cm³/mol. The fraction of sp³-hybridized carbons (Fsp3) is 1.00. The van der Waals surface area contributed by atoms with Gasteiger partial charge in [-0.25, -0.2) is 0 Å². The van der Waals surface area contributed by atoms with Gasteiger partial charge in [0.05, 0.1) is 0 Å². The molecule has 1 N–H and O–H groups in total. The van der Waals surface area contributed by atoms with Crippen molar-refractivity contribution in [3.05, 3.63) is 0 Å². The molecule has 2 nitrogen and oxygen atoms in total. The van der Waals surface area contributed by atoms with Crippen LogP contribution in [-0.2, 0) is 0 Å². The lowest BCUT2D eigenvalue weighted by atomic mass is 9.79. The third kappa shape index (κ3) is 3.16. The maximum atomic E-state index is 3.83. The van der Waals surface area contributed by atoms with Crippen LogP contribution in [0.15, 0.2) is 0 Å². The molecule has 0 radical (unpaired) electrons. The maximum Gasteiger partial charge on any atom is 0.0224 e. The highest BCUT2D eigenvalue weighted by atomic mass is 15.3. The quantitative estimate of drug-likeness (QED) is 0.841. The average Bonchev–Trinajstić information content (AvgIpc) is 3.21. The molecule has 3 rings (SSSR count). The molecule has 0 aromatic rings. The Morgan fingerprint density at radius 3 is 2.32 bits per heavy atom. The first kappa shape index (κ1) is 13.9. The molecule has 0 amide bonds. The van der Waals surface area contributed by atoms with Crippen LogP contribution in [0.2, 0.25) is 0 Å². The van der Waals surface area contributed by atoms with Crippen LogP contribution < -0.4 is 5.32 Å². The molecule has 2 saturated carbocycles. The second-order valence-corrected chi connectivity index (χ2v) is 7.68. The molecule has 1 heterocycles. The molecular formula is C17H32N2. The Morgan fingerprint density at radius 1 is 1.05 bits per heavy atom. The monoisotopic (exact) mass is 264 g/mol. The Labute approximate surface area is 119 Å². The summed E-state index contributed by atoms with van der Waals surface area (Å²) < 4.78 is 0. The van der Waals surface area contributed by atoms with Gasteiger partial charge in [0.15, 0.2) is 0 Å². The summed E-state index contributed by atoms with van der Waals surface area (Å²) >= 11 is 0. The van der Waals surface area contributed by atoms with E-state index in [1.807, 2.05) is 0 Å². The summed E-state index contributed by atoms with van der Waals surface area (Å²) in [5.74, 6) is 2.86. The van der Waals surface area contributed by atoms with Crippen LogP contribution in [0.5, 0.6) is 0 Å². The second-order valence-electron chi connectivity index (χ2n) is 7.68. The molecule has 0 aromatic carbocycles. The molecule has 0 spiro atoms. The maximum absolute atomic E-state index is 3.83. The lowest BCUT2D eigenvalue weighted by molar-refractivity contribution is 0.0330. The standard InChI is InChI=1S/C17H32N2/c1-4-15-10-18-17(14-5-6-14)11-19(15)16-8-12(2)7-13(3)9-16/h12-18H,4-11H2,1-3H3. The van der Waals surface area contributed by atoms with E-state index < -0.39 is 0 Å². The van der Waals surface area contributed by atoms with E-state index in [2.05, 4.69) is 31.0 Å². The first-order valence-corrected chi connectivity index (χ1v) is 8.66. The first-order valence-electron chi connectivity index (χ1n) is 8.66. The first-order chi connectivity index (χ1) is 9.17. The smallest absolute Gasteiger partial charge is 0.0224 e. The molecule has 0 bridgehead atoms. The molecule has 0 aromatic heterocycles. The normalized spacial score (nSPS) is 45.3. The van der Waals surface area contributed by atoms with E-state index in [-0.39, 0.29) is 0 Å². The van der Waals surface area contributed by atoms with Gasteiger partial charge in [0, 0.05) is 31.2 Å². The third-order valence-corrected chi connectivity index (χ3v) is 5.78. The van der Waals surface area contributed by atoms with Gasteiger partial charge in [-0.2, -0.15) is 0 Å². The zero-order valence-corrected chi connectivity index (χ0v) is 13.1. The van der Waals surface area contributed by atoms with Crippen molar-refractivity contribution in [3.63, 3.8) is 0 Å². The van der Waals surface area contributed by atoms with Crippen LogP contribution in [0, 0.1) is 17.8 Å². The topological polar surface area (TPSA) is 15.3 Å². The lowest BCUT2D eigenvalue weighted by Gasteiger charge is -2.48. The summed E-state index contributed by atoms with van der Waals surface area (Å²) in [5.41, 5.74) is 0. The van der Waals surface area contributed by atoms with Gasteiger partial charge in [0.2, 0.25) is 0 Å². The van der Waals surface area contributed by atoms with E-state index in [0.717, 1.165) is 35.9 Å². The van der Waals surface area contributed by atoms with Crippen molar-refractivity contribution in [2.75, 3.05) is 13.1 Å². The van der Waals surface area contributed by atoms with Gasteiger partial charge in [0.25, 0.3) is 0 Å². The lowest BCUT2D eigenvalue weighted by Crippen LogP contribution is -2.60. The molecule has 4 unspecified atom stereocenters. The summed E-state index contributed by atoms with van der Waals surface area (Å²) in [6.45, 7) is 9.85. The highest BCUT2D eigenvalue weighted by Crippen LogP contribution is 2.37. The zero-order valence-electron chi connectivity index (χ0n) is 13.1. The molecule has 110 valence electrons. The summed E-state index contributed by atoms with van der Waals surface area (Å²) in [4.78, 5) is 2.91. The largest absolute Gasteiger partial charge is 0.311 e. The van der Waals surface area contributed by atoms with E-state index in [0.29, 0.717) is 0 Å². The van der Waals surface area contributed by atoms with Gasteiger partial charge in [-0.05, 0) is 56.3 Å². The molecule has 3 aliphatic rings. The van der Waals surface area contributed by atoms with Crippen molar-refractivity contribution < 1.29 is 0 Å². The van der Waals surface area contributed by atoms with Gasteiger partial charge in [-0.15, -0.1) is 0 Å². The minimum Gasteiger partial charge on any atom is -0.311 e. The molecule has 2 aliphatic carbocycles. The molecule has 1 aliphatic heterocycles. The van der Waals surface area contributed by atoms with E-state index in [4.69, 9.17) is 0 Å². The molecule has 3 fully saturated rings. The minimum atomic E-state index is 0.789. The fourth-order valence-electron chi connectivity index (χ4n) is 4.66. The van der Waals surface area contributed by atoms with Gasteiger partial charge in [0.1, 0.15) is 0 Å². The van der Waals surface area contributed by atoms with E-state index in [9.17, 15) is 0 Å². The minimum absolute atomic E-state index is 0.789. The van der Waals surface area contributed by atoms with Crippen LogP contribution in [0.3, 0.4) is 0 Å². The Hall–Kier alpha value is -0.0800. The average molecular weight is 264 g/mol. The van der Waals surface area contributed by atoms with Crippen molar-refractivity contribution in [3.8, 4) is 0 Å². The van der Waals surface area contributed by atoms with Crippen molar-refractivity contribution in [2.24, 2.45) is 17.8 Å². The van der Waals surface area contributed by atoms with Gasteiger partial charge in [-0.3, -0.25) is 4.90 Å². The van der Waals surface area contributed by atoms with Crippen molar-refractivity contribution in [1.82, 2.24) is 10.2 Å². The number of nitrogens with one attached hydrogen (secondary N) is 1. The van der Waals surface area contributed by atoms with Crippen LogP contribution in [0.4, 0.5) is 0 Å². The summed E-state index contributed by atoms with van der Waals surface area (Å²) in [7, 11) is 0. The van der Waals surface area contributed by atoms with Crippen LogP contribution >= 0.6 is 0 Å². The molecule has 1 saturated heterocycles. The van der Waals surface area contributed by atoms with Gasteiger partial charge < -0.3 is 5.32 Å². The summed E-state index contributed by atoms with van der Waals surface area (Å²) in [6, 6.07) is 2.46. The van der Waals surface area contributed by atoms with Crippen molar-refractivity contribution >= 4 is 0 Å². The highest BCUT2D eigenvalue weighted by Gasteiger charge is 2.40. The van der Waals surface area contributed by atoms with Gasteiger partial charge >= 0.3 is 0 Å². The number of piperazine rings is 1. The number of nitrogens with zero attached hydrogens (tertiary/aromatic N) is 1. The Kier molecular flexibility index (Phi) is 4.19. The predicted octanol–water partition coefficient (Wildman–Crippen LogP) is 3.27. The number of rotatable bonds is 3. The van der Waals surface area contributed by atoms with Crippen molar-refractivity contribution in [2.45, 2.75) is 77.4 Å². The highest BCUT2D eigenvalue weighted by molar-refractivity contribution is 4.97. The Bertz CT molecular complexity index is 290. The van der Waals surface area contributed by atoms with Crippen molar-refractivity contribution in [1.29, 1.82) is 0 Å². The van der Waals surface area contributed by atoms with Crippen LogP contribution in [-0.4, -0.2) is 36.1 Å². The summed E-state index contributed by atoms with van der Waals surface area (Å²) in [5, 5.41) is 3.83. The summed E-state index contributed by atoms with van der Waals surface area (Å²) in [6.07, 6.45) is 8.59. The number of hydrogen-bond donors (Lipinski definition) is 1. The Morgan fingerprint density at radius 2 is 1.74 bits per heavy atom. The Balaban J connectivity index is 1.67. The fourth-order valence-corrected chi connectivity index (χ4v) is 4.66. The SMILES string of the molecule is CCC1CNC(C2CC2)CN1C1CC(C)CC(C)C1. The molecular weight excluding hydrogens is 232 g/mol. The van der Waals surface area contributed by atoms with E-state index in [1.165, 1.54) is 51.6 Å². The van der Waals surface area contributed by atoms with Gasteiger partial charge in [-0.1, -0.05) is 20.8 Å². The van der Waals surface area contributed by atoms with E-state index in [1.54, 1.807) is 0 Å². The third-order valence-electron chi connectivity index (χ3n) is 5.78. The van der Waals surface area contributed by atoms with E-state index >= 15 is 0 Å². The molecule has 19 heavy (non-hydrogen) atoms. The van der Waals surface area contributed by atoms with Crippen LogP contribution in [0.1, 0.15) is 59.3 Å². The molecule has 2 heteroatoms. The van der Waals surface area contributed by atoms with Crippen LogP contribution in [0.25, 0.3) is 0 Å².